The molecule has 2 heterocycles. The third kappa shape index (κ3) is 5.30. The van der Waals surface area contributed by atoms with Crippen LogP contribution in [-0.4, -0.2) is 23.7 Å². The number of anilines is 2. The fourth-order valence-corrected chi connectivity index (χ4v) is 3.99. The molecule has 4 rings (SSSR count). The van der Waals surface area contributed by atoms with E-state index in [4.69, 9.17) is 21.1 Å². The van der Waals surface area contributed by atoms with Gasteiger partial charge in [-0.15, -0.1) is 11.3 Å². The van der Waals surface area contributed by atoms with Crippen molar-refractivity contribution in [2.24, 2.45) is 0 Å². The number of benzene rings is 2. The summed E-state index contributed by atoms with van der Waals surface area (Å²) in [4.78, 5) is 9.55. The smallest absolute Gasteiger partial charge is 0.151 e. The molecule has 0 unspecified atom stereocenters. The molecule has 0 saturated heterocycles. The van der Waals surface area contributed by atoms with Crippen LogP contribution in [-0.2, 0) is 11.3 Å². The number of rotatable bonds is 6. The molecule has 5 nitrogen and oxygen atoms in total. The van der Waals surface area contributed by atoms with Crippen molar-refractivity contribution >= 4 is 44.7 Å². The highest BCUT2D eigenvalue weighted by Crippen LogP contribution is 2.33. The molecule has 0 aliphatic rings. The highest BCUT2D eigenvalue weighted by molar-refractivity contribution is 7.20. The summed E-state index contributed by atoms with van der Waals surface area (Å²) >= 11 is 7.89. The predicted molar refractivity (Wildman–Crippen MR) is 122 cm³/mol. The van der Waals surface area contributed by atoms with E-state index in [2.05, 4.69) is 27.1 Å². The Hall–Kier alpha value is -3.18. The van der Waals surface area contributed by atoms with Gasteiger partial charge in [-0.2, -0.15) is 0 Å². The molecule has 1 N–H and O–H groups in total. The van der Waals surface area contributed by atoms with E-state index in [1.165, 1.54) is 29.8 Å². The minimum absolute atomic E-state index is 0.221. The average Bonchev–Trinajstić information content (AvgIpc) is 3.17. The van der Waals surface area contributed by atoms with E-state index in [0.717, 1.165) is 26.3 Å². The molecule has 0 fully saturated rings. The van der Waals surface area contributed by atoms with Crippen molar-refractivity contribution in [2.45, 2.75) is 6.61 Å². The average molecular weight is 454 g/mol. The zero-order valence-corrected chi connectivity index (χ0v) is 18.1. The number of aromatic nitrogens is 2. The van der Waals surface area contributed by atoms with Crippen LogP contribution < -0.4 is 10.1 Å². The van der Waals surface area contributed by atoms with Crippen molar-refractivity contribution < 1.29 is 13.9 Å². The first-order chi connectivity index (χ1) is 15.1. The number of thiophene rings is 1. The second kappa shape index (κ2) is 9.75. The van der Waals surface area contributed by atoms with E-state index in [9.17, 15) is 4.39 Å². The van der Waals surface area contributed by atoms with Crippen LogP contribution in [0.1, 0.15) is 10.4 Å². The Balaban J connectivity index is 1.50. The van der Waals surface area contributed by atoms with Crippen LogP contribution in [0.25, 0.3) is 10.2 Å². The van der Waals surface area contributed by atoms with Crippen LogP contribution in [0, 0.1) is 17.7 Å². The van der Waals surface area contributed by atoms with Crippen LogP contribution in [0.2, 0.25) is 5.02 Å². The predicted octanol–water partition coefficient (Wildman–Crippen LogP) is 5.80. The second-order valence-corrected chi connectivity index (χ2v) is 7.93. The van der Waals surface area contributed by atoms with Crippen molar-refractivity contribution in [1.29, 1.82) is 0 Å². The highest BCUT2D eigenvalue weighted by Gasteiger charge is 2.10. The van der Waals surface area contributed by atoms with E-state index < -0.39 is 0 Å². The van der Waals surface area contributed by atoms with E-state index in [1.54, 1.807) is 31.4 Å². The van der Waals surface area contributed by atoms with E-state index in [-0.39, 0.29) is 12.4 Å². The molecule has 31 heavy (non-hydrogen) atoms. The summed E-state index contributed by atoms with van der Waals surface area (Å²) in [5, 5.41) is 3.71. The normalized spacial score (nSPS) is 10.5. The van der Waals surface area contributed by atoms with Gasteiger partial charge in [-0.05, 0) is 42.0 Å². The van der Waals surface area contributed by atoms with E-state index in [1.807, 2.05) is 12.1 Å². The lowest BCUT2D eigenvalue weighted by Gasteiger charge is -2.11. The monoisotopic (exact) mass is 453 g/mol. The number of hydrogen-bond donors (Lipinski definition) is 1. The van der Waals surface area contributed by atoms with Gasteiger partial charge < -0.3 is 14.8 Å². The molecular weight excluding hydrogens is 437 g/mol. The van der Waals surface area contributed by atoms with Crippen LogP contribution in [0.4, 0.5) is 15.9 Å². The quantitative estimate of drug-likeness (QED) is 0.374. The lowest BCUT2D eigenvalue weighted by atomic mass is 10.2. The minimum atomic E-state index is -0.302. The molecule has 0 aliphatic carbocycles. The van der Waals surface area contributed by atoms with Crippen molar-refractivity contribution in [3.05, 3.63) is 76.1 Å². The largest absolute Gasteiger partial charge is 0.487 e. The van der Waals surface area contributed by atoms with Crippen molar-refractivity contribution in [1.82, 2.24) is 9.97 Å². The molecule has 2 aromatic carbocycles. The first kappa shape index (κ1) is 21.1. The fraction of sp³-hybridized carbons (Fsp3) is 0.130. The molecule has 2 aromatic heterocycles. The van der Waals surface area contributed by atoms with Crippen LogP contribution >= 0.6 is 22.9 Å². The third-order valence-electron chi connectivity index (χ3n) is 4.22. The Bertz CT molecular complexity index is 1280. The summed E-state index contributed by atoms with van der Waals surface area (Å²) in [6, 6.07) is 13.5. The van der Waals surface area contributed by atoms with Gasteiger partial charge in [0.15, 0.2) is 5.82 Å². The summed E-state index contributed by atoms with van der Waals surface area (Å²) in [6.07, 6.45) is 1.50. The van der Waals surface area contributed by atoms with Crippen molar-refractivity contribution in [3.8, 4) is 17.6 Å². The first-order valence-electron chi connectivity index (χ1n) is 9.28. The van der Waals surface area contributed by atoms with Crippen LogP contribution in [0.5, 0.6) is 5.75 Å². The maximum Gasteiger partial charge on any atom is 0.151 e. The number of methoxy groups -OCH3 is 1. The van der Waals surface area contributed by atoms with Gasteiger partial charge in [-0.1, -0.05) is 35.6 Å². The number of nitrogens with one attached hydrogen (secondary N) is 1. The van der Waals surface area contributed by atoms with Gasteiger partial charge >= 0.3 is 0 Å². The van der Waals surface area contributed by atoms with E-state index >= 15 is 0 Å². The summed E-state index contributed by atoms with van der Waals surface area (Å²) in [5.74, 6) is 6.87. The molecule has 0 radical (unpaired) electrons. The Morgan fingerprint density at radius 2 is 2.06 bits per heavy atom. The van der Waals surface area contributed by atoms with Crippen molar-refractivity contribution in [3.63, 3.8) is 0 Å². The van der Waals surface area contributed by atoms with Gasteiger partial charge in [-0.3, -0.25) is 0 Å². The molecule has 4 aromatic rings. The van der Waals surface area contributed by atoms with Gasteiger partial charge in [0.05, 0.1) is 20.1 Å². The lowest BCUT2D eigenvalue weighted by molar-refractivity contribution is 0.240. The van der Waals surface area contributed by atoms with Gasteiger partial charge in [0.1, 0.15) is 31.1 Å². The minimum Gasteiger partial charge on any atom is -0.487 e. The molecule has 8 heteroatoms. The number of nitrogens with zero attached hydrogens (tertiary/aromatic N) is 2. The molecule has 0 amide bonds. The Kier molecular flexibility index (Phi) is 6.63. The second-order valence-electron chi connectivity index (χ2n) is 6.47. The van der Waals surface area contributed by atoms with Crippen LogP contribution in [0.15, 0.2) is 54.9 Å². The summed E-state index contributed by atoms with van der Waals surface area (Å²) in [6.45, 7) is 0.593. The van der Waals surface area contributed by atoms with Crippen LogP contribution in [0.3, 0.4) is 0 Å². The molecule has 0 atom stereocenters. The number of hydrogen-bond acceptors (Lipinski definition) is 6. The standard InChI is InChI=1S/C23H17ClFN3O2S/c1-29-9-3-6-18-12-20-22(31-18)23(27-14-26-20)28-17-7-8-21(19(24)11-17)30-13-15-4-2-5-16(25)10-15/h2,4-5,7-8,10-12,14H,9,13H2,1H3,(H,26,27,28). The molecule has 0 saturated carbocycles. The molecule has 0 spiro atoms. The van der Waals surface area contributed by atoms with Gasteiger partial charge in [0, 0.05) is 12.8 Å². The number of halogens is 2. The molecule has 0 aliphatic heterocycles. The Morgan fingerprint density at radius 3 is 2.87 bits per heavy atom. The molecular formula is C23H17ClFN3O2S. The zero-order valence-electron chi connectivity index (χ0n) is 16.5. The van der Waals surface area contributed by atoms with Gasteiger partial charge in [0.2, 0.25) is 0 Å². The lowest BCUT2D eigenvalue weighted by Crippen LogP contribution is -1.98. The Morgan fingerprint density at radius 1 is 1.16 bits per heavy atom. The Labute approximate surface area is 187 Å². The van der Waals surface area contributed by atoms with Crippen molar-refractivity contribution in [2.75, 3.05) is 19.0 Å². The third-order valence-corrected chi connectivity index (χ3v) is 5.56. The van der Waals surface area contributed by atoms with Gasteiger partial charge in [-0.25, -0.2) is 14.4 Å². The summed E-state index contributed by atoms with van der Waals surface area (Å²) < 4.78 is 24.9. The number of fused-ring (bicyclic) bond motifs is 1. The first-order valence-corrected chi connectivity index (χ1v) is 10.5. The SMILES string of the molecule is COCC#Cc1cc2ncnc(Nc3ccc(OCc4cccc(F)c4)c(Cl)c3)c2s1. The fourth-order valence-electron chi connectivity index (χ4n) is 2.82. The topological polar surface area (TPSA) is 56.3 Å². The maximum atomic E-state index is 13.3. The molecule has 0 bridgehead atoms. The summed E-state index contributed by atoms with van der Waals surface area (Å²) in [7, 11) is 1.61. The summed E-state index contributed by atoms with van der Waals surface area (Å²) in [5.41, 5.74) is 2.29. The van der Waals surface area contributed by atoms with Gasteiger partial charge in [0.25, 0.3) is 0 Å². The molecule has 156 valence electrons. The zero-order chi connectivity index (χ0) is 21.6. The number of ether oxygens (including phenoxy) is 2. The van der Waals surface area contributed by atoms with E-state index in [0.29, 0.717) is 23.2 Å². The highest BCUT2D eigenvalue weighted by atomic mass is 35.5. The maximum absolute atomic E-state index is 13.3.